The fraction of sp³-hybridized carbons (Fsp3) is 0.143. The average molecular weight is 433 g/mol. The SMILES string of the molecule is Cc1ccc(Cn2c(N/N=C\c3cccc([N+](=O)[O-])c3)nc3c2c(=O)[nH]c(=O)n3C)cc1. The number of non-ortho nitro benzene ring substituents is 1. The molecule has 0 amide bonds. The van der Waals surface area contributed by atoms with Gasteiger partial charge in [-0.3, -0.25) is 29.0 Å². The molecule has 0 aliphatic heterocycles. The predicted octanol–water partition coefficient (Wildman–Crippen LogP) is 2.13. The quantitative estimate of drug-likeness (QED) is 0.271. The number of hydrogen-bond donors (Lipinski definition) is 2. The number of nitrogens with zero attached hydrogens (tertiary/aromatic N) is 5. The van der Waals surface area contributed by atoms with Gasteiger partial charge in [-0.15, -0.1) is 0 Å². The van der Waals surface area contributed by atoms with E-state index >= 15 is 0 Å². The van der Waals surface area contributed by atoms with Crippen molar-refractivity contribution in [3.63, 3.8) is 0 Å². The van der Waals surface area contributed by atoms with E-state index in [2.05, 4.69) is 20.5 Å². The van der Waals surface area contributed by atoms with Crippen LogP contribution in [0.1, 0.15) is 16.7 Å². The Morgan fingerprint density at radius 2 is 1.97 bits per heavy atom. The van der Waals surface area contributed by atoms with Crippen LogP contribution in [0.25, 0.3) is 11.2 Å². The summed E-state index contributed by atoms with van der Waals surface area (Å²) in [5.74, 6) is 0.244. The number of rotatable bonds is 6. The van der Waals surface area contributed by atoms with Gasteiger partial charge in [-0.25, -0.2) is 10.2 Å². The van der Waals surface area contributed by atoms with Gasteiger partial charge in [-0.05, 0) is 12.5 Å². The molecule has 0 spiro atoms. The summed E-state index contributed by atoms with van der Waals surface area (Å²) >= 11 is 0. The van der Waals surface area contributed by atoms with Crippen molar-refractivity contribution in [2.75, 3.05) is 5.43 Å². The number of fused-ring (bicyclic) bond motifs is 1. The molecule has 0 aliphatic carbocycles. The molecule has 0 bridgehead atoms. The van der Waals surface area contributed by atoms with E-state index < -0.39 is 16.2 Å². The van der Waals surface area contributed by atoms with Crippen LogP contribution < -0.4 is 16.7 Å². The highest BCUT2D eigenvalue weighted by molar-refractivity contribution is 5.81. The second-order valence-corrected chi connectivity index (χ2v) is 7.22. The first-order valence-corrected chi connectivity index (χ1v) is 9.62. The molecule has 4 aromatic rings. The first-order chi connectivity index (χ1) is 15.3. The molecule has 2 heterocycles. The summed E-state index contributed by atoms with van der Waals surface area (Å²) in [6.07, 6.45) is 1.41. The van der Waals surface area contributed by atoms with E-state index in [1.807, 2.05) is 31.2 Å². The smallest absolute Gasteiger partial charge is 0.298 e. The van der Waals surface area contributed by atoms with E-state index in [1.165, 1.54) is 30.0 Å². The van der Waals surface area contributed by atoms with Crippen molar-refractivity contribution in [2.45, 2.75) is 13.5 Å². The van der Waals surface area contributed by atoms with Crippen molar-refractivity contribution >= 4 is 29.0 Å². The van der Waals surface area contributed by atoms with Gasteiger partial charge < -0.3 is 0 Å². The lowest BCUT2D eigenvalue weighted by Crippen LogP contribution is -2.29. The van der Waals surface area contributed by atoms with Crippen molar-refractivity contribution in [2.24, 2.45) is 12.1 Å². The minimum atomic E-state index is -0.575. The summed E-state index contributed by atoms with van der Waals surface area (Å²) in [7, 11) is 1.51. The van der Waals surface area contributed by atoms with Gasteiger partial charge in [0.15, 0.2) is 11.2 Å². The summed E-state index contributed by atoms with van der Waals surface area (Å²) in [6, 6.07) is 13.8. The summed E-state index contributed by atoms with van der Waals surface area (Å²) in [6.45, 7) is 2.29. The Balaban J connectivity index is 1.75. The maximum absolute atomic E-state index is 12.6. The summed E-state index contributed by atoms with van der Waals surface area (Å²) < 4.78 is 2.88. The number of imidazole rings is 1. The van der Waals surface area contributed by atoms with Crippen LogP contribution in [0.15, 0.2) is 63.2 Å². The zero-order valence-electron chi connectivity index (χ0n) is 17.3. The van der Waals surface area contributed by atoms with Crippen LogP contribution in [0.2, 0.25) is 0 Å². The van der Waals surface area contributed by atoms with Crippen LogP contribution in [-0.2, 0) is 13.6 Å². The largest absolute Gasteiger partial charge is 0.329 e. The lowest BCUT2D eigenvalue weighted by molar-refractivity contribution is -0.384. The summed E-state index contributed by atoms with van der Waals surface area (Å²) in [5, 5.41) is 15.1. The molecule has 0 saturated carbocycles. The Morgan fingerprint density at radius 3 is 2.69 bits per heavy atom. The maximum Gasteiger partial charge on any atom is 0.329 e. The number of hydrogen-bond acceptors (Lipinski definition) is 7. The third-order valence-corrected chi connectivity index (χ3v) is 4.93. The minimum Gasteiger partial charge on any atom is -0.298 e. The summed E-state index contributed by atoms with van der Waals surface area (Å²) in [4.78, 5) is 41.7. The molecule has 0 saturated heterocycles. The lowest BCUT2D eigenvalue weighted by Gasteiger charge is -2.08. The van der Waals surface area contributed by atoms with E-state index in [-0.39, 0.29) is 22.8 Å². The van der Waals surface area contributed by atoms with E-state index in [0.29, 0.717) is 12.1 Å². The van der Waals surface area contributed by atoms with Crippen molar-refractivity contribution in [1.29, 1.82) is 0 Å². The number of nitro groups is 1. The van der Waals surface area contributed by atoms with Gasteiger partial charge in [0.1, 0.15) is 0 Å². The van der Waals surface area contributed by atoms with Gasteiger partial charge in [-0.1, -0.05) is 42.0 Å². The molecule has 0 fully saturated rings. The molecule has 2 aromatic heterocycles. The molecule has 11 heteroatoms. The molecule has 0 unspecified atom stereocenters. The number of aromatic nitrogens is 4. The van der Waals surface area contributed by atoms with Gasteiger partial charge >= 0.3 is 5.69 Å². The van der Waals surface area contributed by atoms with Crippen molar-refractivity contribution in [3.05, 3.63) is 96.2 Å². The molecule has 2 N–H and O–H groups in total. The first-order valence-electron chi connectivity index (χ1n) is 9.62. The number of benzene rings is 2. The third kappa shape index (κ3) is 4.03. The molecular formula is C21H19N7O4. The molecular weight excluding hydrogens is 414 g/mol. The van der Waals surface area contributed by atoms with Crippen molar-refractivity contribution in [3.8, 4) is 0 Å². The van der Waals surface area contributed by atoms with Crippen LogP contribution in [0.4, 0.5) is 11.6 Å². The topological polar surface area (TPSA) is 140 Å². The molecule has 32 heavy (non-hydrogen) atoms. The Bertz CT molecular complexity index is 1460. The van der Waals surface area contributed by atoms with E-state index in [4.69, 9.17) is 0 Å². The molecule has 162 valence electrons. The molecule has 11 nitrogen and oxygen atoms in total. The second kappa shape index (κ2) is 8.30. The number of aromatic amines is 1. The number of aryl methyl sites for hydroxylation is 2. The van der Waals surface area contributed by atoms with E-state index in [0.717, 1.165) is 11.1 Å². The standard InChI is InChI=1S/C21H19N7O4/c1-13-6-8-14(9-7-13)12-27-17-18(26(2)21(30)24-19(17)29)23-20(27)25-22-11-15-4-3-5-16(10-15)28(31)32/h3-11H,12H2,1-2H3,(H,23,25)(H,24,29,30)/b22-11-. The van der Waals surface area contributed by atoms with Gasteiger partial charge in [-0.2, -0.15) is 10.1 Å². The van der Waals surface area contributed by atoms with Crippen LogP contribution >= 0.6 is 0 Å². The Morgan fingerprint density at radius 1 is 1.22 bits per heavy atom. The van der Waals surface area contributed by atoms with Crippen molar-refractivity contribution in [1.82, 2.24) is 19.1 Å². The monoisotopic (exact) mass is 433 g/mol. The van der Waals surface area contributed by atoms with E-state index in [9.17, 15) is 19.7 Å². The van der Waals surface area contributed by atoms with Gasteiger partial charge in [0.05, 0.1) is 17.7 Å². The second-order valence-electron chi connectivity index (χ2n) is 7.22. The Hall–Kier alpha value is -4.54. The van der Waals surface area contributed by atoms with Gasteiger partial charge in [0.2, 0.25) is 5.95 Å². The number of hydrazone groups is 1. The Labute approximate surface area is 180 Å². The average Bonchev–Trinajstić information content (AvgIpc) is 3.13. The van der Waals surface area contributed by atoms with Crippen LogP contribution in [-0.4, -0.2) is 30.2 Å². The molecule has 2 aromatic carbocycles. The highest BCUT2D eigenvalue weighted by Gasteiger charge is 2.17. The van der Waals surface area contributed by atoms with Crippen LogP contribution in [0, 0.1) is 17.0 Å². The van der Waals surface area contributed by atoms with Crippen molar-refractivity contribution < 1.29 is 4.92 Å². The predicted molar refractivity (Wildman–Crippen MR) is 120 cm³/mol. The molecule has 4 rings (SSSR count). The summed E-state index contributed by atoms with van der Waals surface area (Å²) in [5.41, 5.74) is 4.57. The molecule has 0 atom stereocenters. The normalized spacial score (nSPS) is 11.3. The number of nitro benzene ring substituents is 1. The minimum absolute atomic E-state index is 0.0536. The van der Waals surface area contributed by atoms with E-state index in [1.54, 1.807) is 16.7 Å². The fourth-order valence-electron chi connectivity index (χ4n) is 3.23. The zero-order chi connectivity index (χ0) is 22.8. The highest BCUT2D eigenvalue weighted by atomic mass is 16.6. The molecule has 0 radical (unpaired) electrons. The number of nitrogens with one attached hydrogen (secondary N) is 2. The third-order valence-electron chi connectivity index (χ3n) is 4.93. The maximum atomic E-state index is 12.6. The number of anilines is 1. The Kier molecular flexibility index (Phi) is 5.37. The van der Waals surface area contributed by atoms with Crippen LogP contribution in [0.5, 0.6) is 0 Å². The number of H-pyrrole nitrogens is 1. The van der Waals surface area contributed by atoms with Gasteiger partial charge in [0.25, 0.3) is 11.2 Å². The lowest BCUT2D eigenvalue weighted by atomic mass is 10.1. The molecule has 0 aliphatic rings. The van der Waals surface area contributed by atoms with Gasteiger partial charge in [0, 0.05) is 24.7 Å². The van der Waals surface area contributed by atoms with Crippen LogP contribution in [0.3, 0.4) is 0 Å². The highest BCUT2D eigenvalue weighted by Crippen LogP contribution is 2.18. The zero-order valence-corrected chi connectivity index (χ0v) is 17.3. The fourth-order valence-corrected chi connectivity index (χ4v) is 3.23. The first kappa shape index (κ1) is 20.7.